The van der Waals surface area contributed by atoms with Gasteiger partial charge in [0.1, 0.15) is 0 Å². The molecule has 0 aliphatic heterocycles. The van der Waals surface area contributed by atoms with Crippen LogP contribution in [0.2, 0.25) is 0 Å². The van der Waals surface area contributed by atoms with Gasteiger partial charge in [-0.2, -0.15) is 0 Å². The van der Waals surface area contributed by atoms with E-state index in [1.165, 1.54) is 10.9 Å². The fourth-order valence-electron chi connectivity index (χ4n) is 2.04. The number of hydrogen-bond donors (Lipinski definition) is 2. The summed E-state index contributed by atoms with van der Waals surface area (Å²) in [7, 11) is 1.75. The third-order valence-corrected chi connectivity index (χ3v) is 3.03. The lowest BCUT2D eigenvalue weighted by molar-refractivity contribution is 0.585. The van der Waals surface area contributed by atoms with Crippen LogP contribution in [-0.2, 0) is 6.42 Å². The minimum atomic E-state index is 0.426. The number of aryl methyl sites for hydroxylation is 1. The van der Waals surface area contributed by atoms with Crippen molar-refractivity contribution in [2.24, 2.45) is 0 Å². The van der Waals surface area contributed by atoms with Crippen molar-refractivity contribution in [3.05, 3.63) is 30.0 Å². The number of anilines is 1. The van der Waals surface area contributed by atoms with E-state index in [9.17, 15) is 0 Å². The van der Waals surface area contributed by atoms with Gasteiger partial charge in [0.25, 0.3) is 0 Å². The summed E-state index contributed by atoms with van der Waals surface area (Å²) in [6.45, 7) is 2.14. The molecule has 2 heterocycles. The molecule has 5 heteroatoms. The van der Waals surface area contributed by atoms with E-state index in [1.807, 2.05) is 18.3 Å². The molecule has 2 aromatic heterocycles. The van der Waals surface area contributed by atoms with Gasteiger partial charge in [0.05, 0.1) is 0 Å². The van der Waals surface area contributed by atoms with Crippen molar-refractivity contribution in [1.82, 2.24) is 15.2 Å². The lowest BCUT2D eigenvalue weighted by Gasteiger charge is -1.97. The Morgan fingerprint density at radius 2 is 2.22 bits per heavy atom. The molecule has 1 aromatic carbocycles. The van der Waals surface area contributed by atoms with Crippen molar-refractivity contribution in [3.8, 4) is 11.5 Å². The minimum absolute atomic E-state index is 0.426. The van der Waals surface area contributed by atoms with Gasteiger partial charge in [-0.3, -0.25) is 0 Å². The zero-order valence-electron chi connectivity index (χ0n) is 10.3. The average molecular weight is 242 g/mol. The maximum Gasteiger partial charge on any atom is 0.315 e. The number of hydrogen-bond acceptors (Lipinski definition) is 4. The summed E-state index contributed by atoms with van der Waals surface area (Å²) in [5.41, 5.74) is 3.36. The van der Waals surface area contributed by atoms with Crippen LogP contribution < -0.4 is 5.32 Å². The fourth-order valence-corrected chi connectivity index (χ4v) is 2.04. The number of rotatable bonds is 3. The molecule has 0 aliphatic rings. The van der Waals surface area contributed by atoms with Gasteiger partial charge in [0.2, 0.25) is 5.89 Å². The zero-order valence-corrected chi connectivity index (χ0v) is 10.3. The van der Waals surface area contributed by atoms with Crippen LogP contribution in [0.4, 0.5) is 6.01 Å². The molecule has 0 spiro atoms. The number of aromatic nitrogens is 3. The van der Waals surface area contributed by atoms with Gasteiger partial charge in [-0.05, 0) is 30.2 Å². The van der Waals surface area contributed by atoms with E-state index in [-0.39, 0.29) is 0 Å². The lowest BCUT2D eigenvalue weighted by Crippen LogP contribution is -1.85. The molecule has 5 nitrogen and oxygen atoms in total. The van der Waals surface area contributed by atoms with E-state index in [4.69, 9.17) is 4.42 Å². The third kappa shape index (κ3) is 1.64. The Hall–Kier alpha value is -2.30. The summed E-state index contributed by atoms with van der Waals surface area (Å²) in [5.74, 6) is 0.532. The Kier molecular flexibility index (Phi) is 2.51. The predicted molar refractivity (Wildman–Crippen MR) is 70.5 cm³/mol. The molecule has 3 rings (SSSR count). The molecule has 3 aromatic rings. The van der Waals surface area contributed by atoms with E-state index in [1.54, 1.807) is 7.05 Å². The summed E-state index contributed by atoms with van der Waals surface area (Å²) in [5, 5.41) is 11.9. The zero-order chi connectivity index (χ0) is 12.5. The summed E-state index contributed by atoms with van der Waals surface area (Å²) in [4.78, 5) is 3.26. The summed E-state index contributed by atoms with van der Waals surface area (Å²) in [6.07, 6.45) is 3.04. The first kappa shape index (κ1) is 10.8. The number of nitrogens with one attached hydrogen (secondary N) is 2. The van der Waals surface area contributed by atoms with Gasteiger partial charge < -0.3 is 14.7 Å². The van der Waals surface area contributed by atoms with Gasteiger partial charge in [-0.25, -0.2) is 0 Å². The van der Waals surface area contributed by atoms with Crippen LogP contribution in [0.15, 0.2) is 28.8 Å². The molecule has 0 fully saturated rings. The first-order valence-corrected chi connectivity index (χ1v) is 5.93. The Labute approximate surface area is 104 Å². The van der Waals surface area contributed by atoms with Gasteiger partial charge in [0, 0.05) is 29.7 Å². The number of aromatic amines is 1. The Morgan fingerprint density at radius 1 is 1.33 bits per heavy atom. The normalized spacial score (nSPS) is 11.0. The Balaban J connectivity index is 2.11. The molecular formula is C13H14N4O. The Morgan fingerprint density at radius 3 is 2.94 bits per heavy atom. The molecule has 0 amide bonds. The predicted octanol–water partition coefficient (Wildman–Crippen LogP) is 2.82. The highest BCUT2D eigenvalue weighted by Crippen LogP contribution is 2.26. The van der Waals surface area contributed by atoms with Crippen LogP contribution >= 0.6 is 0 Å². The van der Waals surface area contributed by atoms with E-state index in [0.29, 0.717) is 11.9 Å². The summed E-state index contributed by atoms with van der Waals surface area (Å²) >= 11 is 0. The second-order valence-corrected chi connectivity index (χ2v) is 4.09. The van der Waals surface area contributed by atoms with E-state index in [2.05, 4.69) is 33.5 Å². The number of nitrogens with zero attached hydrogens (tertiary/aromatic N) is 2. The molecule has 2 N–H and O–H groups in total. The first-order valence-electron chi connectivity index (χ1n) is 5.93. The molecule has 0 unspecified atom stereocenters. The maximum absolute atomic E-state index is 5.47. The second kappa shape index (κ2) is 4.18. The molecule has 0 radical (unpaired) electrons. The number of H-pyrrole nitrogens is 1. The van der Waals surface area contributed by atoms with E-state index >= 15 is 0 Å². The average Bonchev–Trinajstić information content (AvgIpc) is 3.04. The topological polar surface area (TPSA) is 66.7 Å². The van der Waals surface area contributed by atoms with Crippen LogP contribution in [0.1, 0.15) is 12.5 Å². The van der Waals surface area contributed by atoms with E-state index in [0.717, 1.165) is 17.5 Å². The van der Waals surface area contributed by atoms with Gasteiger partial charge in [0.15, 0.2) is 0 Å². The van der Waals surface area contributed by atoms with Crippen LogP contribution in [0.25, 0.3) is 22.4 Å². The highest BCUT2D eigenvalue weighted by molar-refractivity contribution is 5.86. The van der Waals surface area contributed by atoms with Crippen molar-refractivity contribution >= 4 is 16.9 Å². The molecule has 0 bridgehead atoms. The van der Waals surface area contributed by atoms with Gasteiger partial charge in [-0.1, -0.05) is 12.0 Å². The molecule has 92 valence electrons. The van der Waals surface area contributed by atoms with Crippen LogP contribution in [0.3, 0.4) is 0 Å². The smallest absolute Gasteiger partial charge is 0.315 e. The molecule has 0 aliphatic carbocycles. The van der Waals surface area contributed by atoms with Crippen LogP contribution in [0, 0.1) is 0 Å². The quantitative estimate of drug-likeness (QED) is 0.741. The summed E-state index contributed by atoms with van der Waals surface area (Å²) in [6, 6.07) is 6.52. The van der Waals surface area contributed by atoms with Crippen molar-refractivity contribution in [3.63, 3.8) is 0 Å². The maximum atomic E-state index is 5.47. The molecule has 0 atom stereocenters. The van der Waals surface area contributed by atoms with Crippen LogP contribution in [-0.4, -0.2) is 22.2 Å². The number of fused-ring (bicyclic) bond motifs is 1. The van der Waals surface area contributed by atoms with Crippen molar-refractivity contribution in [2.75, 3.05) is 12.4 Å². The largest absolute Gasteiger partial charge is 0.403 e. The van der Waals surface area contributed by atoms with Crippen molar-refractivity contribution in [2.45, 2.75) is 13.3 Å². The molecule has 0 saturated carbocycles. The second-order valence-electron chi connectivity index (χ2n) is 4.09. The van der Waals surface area contributed by atoms with Crippen molar-refractivity contribution in [1.29, 1.82) is 0 Å². The summed E-state index contributed by atoms with van der Waals surface area (Å²) < 4.78 is 5.47. The lowest BCUT2D eigenvalue weighted by atomic mass is 10.1. The SMILES string of the molecule is CCc1c[nH]c2ccc(-c3nnc(NC)o3)cc12. The van der Waals surface area contributed by atoms with Crippen LogP contribution in [0.5, 0.6) is 0 Å². The molecule has 18 heavy (non-hydrogen) atoms. The first-order chi connectivity index (χ1) is 8.81. The molecule has 0 saturated heterocycles. The number of benzene rings is 1. The van der Waals surface area contributed by atoms with Crippen molar-refractivity contribution < 1.29 is 4.42 Å². The highest BCUT2D eigenvalue weighted by atomic mass is 16.4. The van der Waals surface area contributed by atoms with E-state index < -0.39 is 0 Å². The highest BCUT2D eigenvalue weighted by Gasteiger charge is 2.09. The molecular weight excluding hydrogens is 228 g/mol. The minimum Gasteiger partial charge on any atom is -0.403 e. The fraction of sp³-hybridized carbons (Fsp3) is 0.231. The standard InChI is InChI=1S/C13H14N4O/c1-3-8-7-15-11-5-4-9(6-10(8)11)12-16-17-13(14-2)18-12/h4-7,15H,3H2,1-2H3,(H,14,17). The monoisotopic (exact) mass is 242 g/mol. The van der Waals surface area contributed by atoms with Gasteiger partial charge in [-0.15, -0.1) is 5.10 Å². The Bertz CT molecular complexity index is 683. The van der Waals surface area contributed by atoms with Gasteiger partial charge >= 0.3 is 6.01 Å². The third-order valence-electron chi connectivity index (χ3n) is 3.03.